The molecule has 61 heavy (non-hydrogen) atoms. The first kappa shape index (κ1) is 53.9. The molecule has 0 spiro atoms. The Hall–Kier alpha value is -3.21. The summed E-state index contributed by atoms with van der Waals surface area (Å²) in [5, 5.41) is 24.9. The van der Waals surface area contributed by atoms with E-state index in [2.05, 4.69) is 56.1 Å². The zero-order chi connectivity index (χ0) is 43.1. The molecule has 0 aliphatic carbocycles. The molecular formula is C27H24Cl2N14Na3O12S3. The van der Waals surface area contributed by atoms with Gasteiger partial charge in [0.05, 0.1) is 11.4 Å². The molecule has 11 N–H and O–H groups in total. The molecule has 34 heteroatoms. The van der Waals surface area contributed by atoms with Gasteiger partial charge in [0.1, 0.15) is 31.6 Å². The molecule has 3 aromatic heterocycles. The van der Waals surface area contributed by atoms with Gasteiger partial charge < -0.3 is 32.5 Å². The van der Waals surface area contributed by atoms with Gasteiger partial charge in [-0.2, -0.15) is 55.2 Å². The quantitative estimate of drug-likeness (QED) is 0.0458. The van der Waals surface area contributed by atoms with Crippen molar-refractivity contribution in [2.24, 2.45) is 16.0 Å². The van der Waals surface area contributed by atoms with Gasteiger partial charge >= 0.3 is 0 Å². The normalized spacial score (nSPS) is 11.5. The Balaban J connectivity index is 0.00000427. The molecule has 3 radical (unpaired) electrons. The fraction of sp³-hybridized carbons (Fsp3) is 0.111. The smallest absolute Gasteiger partial charge is 0.296 e. The molecule has 309 valence electrons. The number of pyridine rings is 1. The summed E-state index contributed by atoms with van der Waals surface area (Å²) in [5.74, 6) is -3.68. The Morgan fingerprint density at radius 1 is 0.754 bits per heavy atom. The molecule has 0 saturated carbocycles. The van der Waals surface area contributed by atoms with Crippen LogP contribution in [0, 0.1) is 6.92 Å². The number of halogens is 2. The number of carbonyl (C=O) groups excluding carboxylic acids is 1. The van der Waals surface area contributed by atoms with Crippen LogP contribution in [-0.2, 0) is 36.9 Å². The molecule has 5 aromatic rings. The van der Waals surface area contributed by atoms with Gasteiger partial charge in [-0.1, -0.05) is 0 Å². The van der Waals surface area contributed by atoms with E-state index in [1.165, 1.54) is 13.8 Å². The summed E-state index contributed by atoms with van der Waals surface area (Å²) in [5.41, 5.74) is 6.63. The average molecular weight is 973 g/mol. The molecule has 3 heterocycles. The van der Waals surface area contributed by atoms with Crippen LogP contribution in [-0.4, -0.2) is 173 Å². The summed E-state index contributed by atoms with van der Waals surface area (Å²) in [4.78, 5) is 44.5. The Morgan fingerprint density at radius 3 is 1.77 bits per heavy atom. The second kappa shape index (κ2) is 21.0. The number of azo groups is 1. The van der Waals surface area contributed by atoms with Crippen molar-refractivity contribution < 1.29 is 48.8 Å². The third-order valence-electron chi connectivity index (χ3n) is 7.33. The van der Waals surface area contributed by atoms with Crippen molar-refractivity contribution >= 4 is 200 Å². The summed E-state index contributed by atoms with van der Waals surface area (Å²) in [7, 11) is -15.6. The Morgan fingerprint density at radius 2 is 1.26 bits per heavy atom. The summed E-state index contributed by atoms with van der Waals surface area (Å²) in [6.07, 6.45) is 0. The maximum absolute atomic E-state index is 12.7. The molecule has 2 aromatic carbocycles. The predicted octanol–water partition coefficient (Wildman–Crippen LogP) is 1.48. The van der Waals surface area contributed by atoms with E-state index in [-0.39, 0.29) is 135 Å². The number of nitrogens with one attached hydrogen (secondary N) is 3. The summed E-state index contributed by atoms with van der Waals surface area (Å²) in [6.45, 7) is 2.41. The van der Waals surface area contributed by atoms with Gasteiger partial charge in [0.2, 0.25) is 40.2 Å². The van der Waals surface area contributed by atoms with E-state index in [9.17, 15) is 53.6 Å². The van der Waals surface area contributed by atoms with Crippen LogP contribution in [0.15, 0.2) is 60.0 Å². The number of amides is 1. The number of hydrogen-bond donors (Lipinski definition) is 9. The first-order valence-corrected chi connectivity index (χ1v) is 20.3. The van der Waals surface area contributed by atoms with E-state index in [0.29, 0.717) is 10.6 Å². The van der Waals surface area contributed by atoms with E-state index >= 15 is 0 Å². The van der Waals surface area contributed by atoms with Crippen molar-refractivity contribution in [2.75, 3.05) is 21.7 Å². The molecule has 0 atom stereocenters. The zero-order valence-corrected chi connectivity index (χ0v) is 41.8. The SMILES string of the molecule is CCn1c(O)c(N=Nc2cc(Nc3nc(Cl)nc(Nc4ccc(S(=O)(=O)O)c(Nc5nc(N)nc(Cl)n5)c4)n3)c(S(=O)(=O)O)cc2S(=O)(=O)O)c(C)c(C(N)=O)c1=O.[Na].[Na].[Na]. The van der Waals surface area contributed by atoms with E-state index in [1.807, 2.05) is 0 Å². The van der Waals surface area contributed by atoms with Gasteiger partial charge in [-0.25, -0.2) is 0 Å². The molecule has 0 fully saturated rings. The van der Waals surface area contributed by atoms with Crippen molar-refractivity contribution in [3.8, 4) is 5.88 Å². The number of anilines is 7. The van der Waals surface area contributed by atoms with Crippen LogP contribution >= 0.6 is 23.2 Å². The van der Waals surface area contributed by atoms with Gasteiger partial charge in [-0.15, -0.1) is 10.2 Å². The van der Waals surface area contributed by atoms with Crippen LogP contribution in [0.2, 0.25) is 10.6 Å². The second-order valence-corrected chi connectivity index (χ2v) is 16.0. The Kier molecular flexibility index (Phi) is 18.5. The maximum Gasteiger partial charge on any atom is 0.296 e. The maximum atomic E-state index is 12.7. The van der Waals surface area contributed by atoms with Crippen molar-refractivity contribution in [1.29, 1.82) is 0 Å². The van der Waals surface area contributed by atoms with E-state index in [0.717, 1.165) is 18.2 Å². The predicted molar refractivity (Wildman–Crippen MR) is 219 cm³/mol. The molecule has 0 bridgehead atoms. The van der Waals surface area contributed by atoms with Crippen LogP contribution < -0.4 is 33.0 Å². The van der Waals surface area contributed by atoms with Crippen LogP contribution in [0.5, 0.6) is 5.88 Å². The summed E-state index contributed by atoms with van der Waals surface area (Å²) < 4.78 is 104. The van der Waals surface area contributed by atoms with Gasteiger partial charge in [-0.05, 0) is 67.4 Å². The number of hydrogen-bond acceptors (Lipinski definition) is 21. The third-order valence-corrected chi connectivity index (χ3v) is 10.4. The van der Waals surface area contributed by atoms with Crippen molar-refractivity contribution in [3.05, 3.63) is 62.4 Å². The first-order valence-electron chi connectivity index (χ1n) is 15.2. The Labute approximate surface area is 419 Å². The summed E-state index contributed by atoms with van der Waals surface area (Å²) in [6, 6.07) is 4.14. The standard InChI is InChI=1S/C27H24Cl2N14O12S3.3Na/c1-3-43-20(45)17(19(30)44)9(2)18(21(43)46)42-41-13-7-12(15(57(50,51)52)8-16(13)58(53,54)55)34-27-38-23(29)37-25(40-27)32-10-4-5-14(56(47,48)49)11(6-10)33-26-36-22(28)35-24(31)39-26;;;/h4-8,46H,3H2,1-2H3,(H2,30,44)(H,47,48,49)(H,50,51,52)(H,53,54,55)(H3,31,33,35,36,39)(H2,32,34,37,38,40);;;. The molecule has 0 unspecified atom stereocenters. The third kappa shape index (κ3) is 12.9. The number of nitrogen functional groups attached to an aromatic ring is 1. The summed E-state index contributed by atoms with van der Waals surface area (Å²) >= 11 is 11.9. The van der Waals surface area contributed by atoms with Crippen molar-refractivity contribution in [2.45, 2.75) is 35.1 Å². The van der Waals surface area contributed by atoms with E-state index in [1.54, 1.807) is 0 Å². The van der Waals surface area contributed by atoms with E-state index in [4.69, 9.17) is 34.7 Å². The van der Waals surface area contributed by atoms with Crippen LogP contribution in [0.4, 0.5) is 52.2 Å². The number of nitrogens with zero attached hydrogens (tertiary/aromatic N) is 9. The van der Waals surface area contributed by atoms with Crippen molar-refractivity contribution in [3.63, 3.8) is 0 Å². The minimum absolute atomic E-state index is 0. The molecular weight excluding hydrogens is 948 g/mol. The topological polar surface area (TPSA) is 413 Å². The molecule has 0 aliphatic heterocycles. The fourth-order valence-electron chi connectivity index (χ4n) is 4.94. The minimum Gasteiger partial charge on any atom is -0.493 e. The number of rotatable bonds is 13. The number of aromatic nitrogens is 7. The molecule has 5 rings (SSSR count). The van der Waals surface area contributed by atoms with E-state index < -0.39 is 102 Å². The molecule has 1 amide bonds. The molecule has 26 nitrogen and oxygen atoms in total. The first-order chi connectivity index (χ1) is 26.9. The number of carbonyl (C=O) groups is 1. The second-order valence-electron chi connectivity index (χ2n) is 11.2. The van der Waals surface area contributed by atoms with Gasteiger partial charge in [0, 0.05) is 106 Å². The number of benzene rings is 2. The largest absolute Gasteiger partial charge is 0.493 e. The van der Waals surface area contributed by atoms with Crippen LogP contribution in [0.25, 0.3) is 0 Å². The van der Waals surface area contributed by atoms with Gasteiger partial charge in [0.25, 0.3) is 41.8 Å². The minimum atomic E-state index is -5.36. The number of primary amides is 1. The molecule has 0 aliphatic rings. The Bertz CT molecular complexity index is 2970. The van der Waals surface area contributed by atoms with Crippen molar-refractivity contribution in [1.82, 2.24) is 34.5 Å². The van der Waals surface area contributed by atoms with Crippen LogP contribution in [0.1, 0.15) is 22.8 Å². The fourth-order valence-corrected chi connectivity index (χ4v) is 7.26. The zero-order valence-electron chi connectivity index (χ0n) is 31.8. The monoisotopic (exact) mass is 971 g/mol. The average Bonchev–Trinajstić information content (AvgIpc) is 3.06. The van der Waals surface area contributed by atoms with Crippen LogP contribution in [0.3, 0.4) is 0 Å². The number of aromatic hydroxyl groups is 1. The molecule has 0 saturated heterocycles. The van der Waals surface area contributed by atoms with Gasteiger partial charge in [0.15, 0.2) is 0 Å². The number of nitrogens with two attached hydrogens (primary N) is 2. The van der Waals surface area contributed by atoms with Gasteiger partial charge in [-0.3, -0.25) is 27.8 Å².